The molecule has 35 heavy (non-hydrogen) atoms. The highest BCUT2D eigenvalue weighted by molar-refractivity contribution is 6.07. The van der Waals surface area contributed by atoms with Crippen LogP contribution in [0.4, 0.5) is 4.79 Å². The molecule has 188 valence electrons. The van der Waals surface area contributed by atoms with E-state index >= 15 is 0 Å². The fourth-order valence-electron chi connectivity index (χ4n) is 8.53. The SMILES string of the molecule is Cc1ccc(O)cc1C12CC3CN(C)C3C1(O)CCC1(C2)C(=O)N(CC2CC2)C(=O)N1CC1CC1. The third kappa shape index (κ3) is 2.85. The van der Waals surface area contributed by atoms with Crippen molar-refractivity contribution in [2.75, 3.05) is 26.7 Å². The Bertz CT molecular complexity index is 1120. The second kappa shape index (κ2) is 7.00. The third-order valence-electron chi connectivity index (χ3n) is 10.5. The van der Waals surface area contributed by atoms with Crippen molar-refractivity contribution in [2.45, 2.75) is 80.9 Å². The van der Waals surface area contributed by atoms with Gasteiger partial charge in [-0.25, -0.2) is 4.79 Å². The molecule has 0 aromatic heterocycles. The summed E-state index contributed by atoms with van der Waals surface area (Å²) in [5.74, 6) is 1.43. The predicted molar refractivity (Wildman–Crippen MR) is 130 cm³/mol. The number of aliphatic hydroxyl groups is 1. The molecule has 7 heteroatoms. The molecule has 1 spiro atoms. The molecule has 0 radical (unpaired) electrons. The number of hydrogen-bond acceptors (Lipinski definition) is 5. The minimum absolute atomic E-state index is 0.0399. The number of hydrogen-bond donors (Lipinski definition) is 2. The van der Waals surface area contributed by atoms with Crippen molar-refractivity contribution in [2.24, 2.45) is 17.8 Å². The Labute approximate surface area is 207 Å². The summed E-state index contributed by atoms with van der Waals surface area (Å²) in [6.45, 7) is 4.16. The van der Waals surface area contributed by atoms with Gasteiger partial charge in [0.2, 0.25) is 0 Å². The van der Waals surface area contributed by atoms with Crippen LogP contribution < -0.4 is 0 Å². The molecule has 5 unspecified atom stereocenters. The van der Waals surface area contributed by atoms with E-state index < -0.39 is 16.6 Å². The number of rotatable bonds is 5. The van der Waals surface area contributed by atoms with Gasteiger partial charge in [0.05, 0.1) is 5.60 Å². The highest BCUT2D eigenvalue weighted by Crippen LogP contribution is 2.66. The van der Waals surface area contributed by atoms with Crippen molar-refractivity contribution < 1.29 is 19.8 Å². The summed E-state index contributed by atoms with van der Waals surface area (Å²) >= 11 is 0. The summed E-state index contributed by atoms with van der Waals surface area (Å²) in [4.78, 5) is 33.8. The Hall–Kier alpha value is -2.12. The van der Waals surface area contributed by atoms with Crippen molar-refractivity contribution in [3.63, 3.8) is 0 Å². The summed E-state index contributed by atoms with van der Waals surface area (Å²) in [6, 6.07) is 5.38. The minimum atomic E-state index is -0.993. The maximum Gasteiger partial charge on any atom is 0.327 e. The first-order valence-corrected chi connectivity index (χ1v) is 13.5. The van der Waals surface area contributed by atoms with E-state index in [9.17, 15) is 19.8 Å². The van der Waals surface area contributed by atoms with Gasteiger partial charge < -0.3 is 15.1 Å². The molecule has 2 aliphatic heterocycles. The first-order chi connectivity index (χ1) is 16.7. The van der Waals surface area contributed by atoms with Gasteiger partial charge in [-0.15, -0.1) is 0 Å². The first kappa shape index (κ1) is 22.1. The molecule has 4 aliphatic carbocycles. The molecule has 5 atom stereocenters. The van der Waals surface area contributed by atoms with Crippen LogP contribution in [0.1, 0.15) is 62.5 Å². The van der Waals surface area contributed by atoms with Crippen molar-refractivity contribution >= 4 is 11.9 Å². The number of aromatic hydroxyl groups is 1. The first-order valence-electron chi connectivity index (χ1n) is 13.5. The molecule has 1 aromatic rings. The van der Waals surface area contributed by atoms with E-state index in [0.717, 1.165) is 49.8 Å². The van der Waals surface area contributed by atoms with Gasteiger partial charge in [0.1, 0.15) is 11.3 Å². The number of urea groups is 1. The highest BCUT2D eigenvalue weighted by atomic mass is 16.3. The molecule has 7 rings (SSSR count). The zero-order chi connectivity index (χ0) is 24.3. The van der Waals surface area contributed by atoms with Crippen LogP contribution in [-0.4, -0.2) is 80.7 Å². The number of benzene rings is 1. The van der Waals surface area contributed by atoms with Gasteiger partial charge in [-0.1, -0.05) is 6.07 Å². The summed E-state index contributed by atoms with van der Waals surface area (Å²) in [5.41, 5.74) is -0.591. The molecule has 0 bridgehead atoms. The maximum absolute atomic E-state index is 14.3. The summed E-state index contributed by atoms with van der Waals surface area (Å²) in [5, 5.41) is 23.1. The van der Waals surface area contributed by atoms with Gasteiger partial charge in [-0.05, 0) is 106 Å². The second-order valence-electron chi connectivity index (χ2n) is 12.8. The number of likely N-dealkylation sites (N-methyl/N-ethyl adjacent to an activating group) is 1. The van der Waals surface area contributed by atoms with E-state index in [-0.39, 0.29) is 23.7 Å². The quantitative estimate of drug-likeness (QED) is 0.635. The standard InChI is InChI=1S/C28H37N3O4/c1-17-3-8-21(32)11-22(17)26-12-20-15-29(2)23(20)28(26,35)10-9-27(16-26)24(33)30(13-18-4-5-18)25(34)31(27)14-19-6-7-19/h3,8,11,18-20,23,32,35H,4-7,9-10,12-16H2,1-2H3. The van der Waals surface area contributed by atoms with E-state index in [1.807, 2.05) is 24.0 Å². The molecule has 2 heterocycles. The number of amides is 3. The van der Waals surface area contributed by atoms with E-state index in [1.165, 1.54) is 0 Å². The lowest BCUT2D eigenvalue weighted by Crippen LogP contribution is -2.70. The average molecular weight is 480 g/mol. The lowest BCUT2D eigenvalue weighted by Gasteiger charge is -2.57. The number of phenols is 1. The van der Waals surface area contributed by atoms with Gasteiger partial charge in [0, 0.05) is 31.1 Å². The highest BCUT2D eigenvalue weighted by Gasteiger charge is 2.75. The molecular formula is C28H37N3O4. The van der Waals surface area contributed by atoms with Crippen LogP contribution in [-0.2, 0) is 10.2 Å². The summed E-state index contributed by atoms with van der Waals surface area (Å²) in [6.07, 6.45) is 6.65. The molecule has 2 saturated heterocycles. The number of fused-ring (bicyclic) bond motifs is 3. The number of nitrogens with zero attached hydrogens (tertiary/aromatic N) is 3. The molecule has 7 nitrogen and oxygen atoms in total. The van der Waals surface area contributed by atoms with Crippen LogP contribution >= 0.6 is 0 Å². The molecule has 1 aromatic carbocycles. The fourth-order valence-corrected chi connectivity index (χ4v) is 8.53. The largest absolute Gasteiger partial charge is 0.508 e. The molecule has 4 saturated carbocycles. The van der Waals surface area contributed by atoms with Gasteiger partial charge in [0.15, 0.2) is 0 Å². The molecule has 6 aliphatic rings. The number of carbonyl (C=O) groups excluding carboxylic acids is 2. The minimum Gasteiger partial charge on any atom is -0.508 e. The average Bonchev–Trinajstić information content (AvgIpc) is 3.73. The number of phenolic OH excluding ortho intramolecular Hbond substituents is 1. The van der Waals surface area contributed by atoms with E-state index in [1.54, 1.807) is 11.0 Å². The molecule has 3 amide bonds. The number of aryl methyl sites for hydroxylation is 1. The Kier molecular flexibility index (Phi) is 4.42. The molecular weight excluding hydrogens is 442 g/mol. The lowest BCUT2D eigenvalue weighted by molar-refractivity contribution is -0.155. The normalized spacial score (nSPS) is 40.9. The van der Waals surface area contributed by atoms with Gasteiger partial charge >= 0.3 is 6.03 Å². The fraction of sp³-hybridized carbons (Fsp3) is 0.714. The zero-order valence-corrected chi connectivity index (χ0v) is 20.9. The van der Waals surface area contributed by atoms with Crippen LogP contribution in [0.5, 0.6) is 5.75 Å². The van der Waals surface area contributed by atoms with E-state index in [2.05, 4.69) is 11.9 Å². The van der Waals surface area contributed by atoms with Gasteiger partial charge in [0.25, 0.3) is 5.91 Å². The maximum atomic E-state index is 14.3. The Morgan fingerprint density at radius 2 is 1.77 bits per heavy atom. The van der Waals surface area contributed by atoms with Crippen molar-refractivity contribution in [1.82, 2.24) is 14.7 Å². The number of imide groups is 1. The predicted octanol–water partition coefficient (Wildman–Crippen LogP) is 3.01. The topological polar surface area (TPSA) is 84.3 Å². The van der Waals surface area contributed by atoms with Crippen molar-refractivity contribution in [3.05, 3.63) is 29.3 Å². The lowest BCUT2D eigenvalue weighted by atomic mass is 9.54. The Morgan fingerprint density at radius 1 is 1.06 bits per heavy atom. The van der Waals surface area contributed by atoms with Crippen LogP contribution in [0.25, 0.3) is 0 Å². The van der Waals surface area contributed by atoms with Crippen LogP contribution in [0.3, 0.4) is 0 Å². The summed E-state index contributed by atoms with van der Waals surface area (Å²) < 4.78 is 0. The van der Waals surface area contributed by atoms with Crippen molar-refractivity contribution in [3.8, 4) is 5.75 Å². The van der Waals surface area contributed by atoms with Crippen LogP contribution in [0, 0.1) is 24.7 Å². The van der Waals surface area contributed by atoms with E-state index in [0.29, 0.717) is 50.1 Å². The molecule has 6 fully saturated rings. The molecule has 2 N–H and O–H groups in total. The monoisotopic (exact) mass is 479 g/mol. The van der Waals surface area contributed by atoms with Crippen LogP contribution in [0.15, 0.2) is 18.2 Å². The second-order valence-corrected chi connectivity index (χ2v) is 12.8. The van der Waals surface area contributed by atoms with Gasteiger partial charge in [-0.2, -0.15) is 0 Å². The third-order valence-corrected chi connectivity index (χ3v) is 10.5. The van der Waals surface area contributed by atoms with Crippen LogP contribution in [0.2, 0.25) is 0 Å². The summed E-state index contributed by atoms with van der Waals surface area (Å²) in [7, 11) is 2.08. The van der Waals surface area contributed by atoms with E-state index in [4.69, 9.17) is 0 Å². The van der Waals surface area contributed by atoms with Gasteiger partial charge in [-0.3, -0.25) is 14.6 Å². The smallest absolute Gasteiger partial charge is 0.327 e. The Morgan fingerprint density at radius 3 is 2.46 bits per heavy atom. The number of carbonyl (C=O) groups is 2. The van der Waals surface area contributed by atoms with Crippen molar-refractivity contribution in [1.29, 1.82) is 0 Å². The number of likely N-dealkylation sites (tertiary alicyclic amines) is 1. The zero-order valence-electron chi connectivity index (χ0n) is 20.9. The Balaban J connectivity index is 1.37.